The first-order valence-corrected chi connectivity index (χ1v) is 10.3. The molecule has 3 nitrogen and oxygen atoms in total. The SMILES string of the molecule is CCCC(=C1C(=O)CC(C[C@@H](C)SCC)CC1=O)N1CCCC1. The maximum atomic E-state index is 12.7. The zero-order valence-corrected chi connectivity index (χ0v) is 15.7. The fourth-order valence-electron chi connectivity index (χ4n) is 3.93. The zero-order chi connectivity index (χ0) is 16.8. The molecule has 23 heavy (non-hydrogen) atoms. The van der Waals surface area contributed by atoms with E-state index in [0.29, 0.717) is 23.7 Å². The van der Waals surface area contributed by atoms with Crippen LogP contribution in [-0.4, -0.2) is 40.6 Å². The van der Waals surface area contributed by atoms with Gasteiger partial charge in [-0.2, -0.15) is 11.8 Å². The third-order valence-corrected chi connectivity index (χ3v) is 5.98. The van der Waals surface area contributed by atoms with Crippen molar-refractivity contribution in [1.29, 1.82) is 0 Å². The minimum Gasteiger partial charge on any atom is -0.374 e. The number of thioether (sulfide) groups is 1. The molecule has 0 amide bonds. The van der Waals surface area contributed by atoms with Crippen LogP contribution < -0.4 is 0 Å². The highest BCUT2D eigenvalue weighted by atomic mass is 32.2. The molecule has 0 aromatic rings. The Bertz CT molecular complexity index is 446. The summed E-state index contributed by atoms with van der Waals surface area (Å²) in [7, 11) is 0. The summed E-state index contributed by atoms with van der Waals surface area (Å²) in [6, 6.07) is 0. The lowest BCUT2D eigenvalue weighted by Gasteiger charge is -2.29. The number of rotatable bonds is 7. The standard InChI is InChI=1S/C19H31NO2S/c1-4-8-16(20-9-6-7-10-20)19-17(21)12-15(13-18(19)22)11-14(3)23-5-2/h14-15H,4-13H2,1-3H3/t14-,15?/m1/s1. The number of allylic oxidation sites excluding steroid dienone is 2. The van der Waals surface area contributed by atoms with Crippen molar-refractivity contribution in [2.75, 3.05) is 18.8 Å². The van der Waals surface area contributed by atoms with E-state index in [0.717, 1.165) is 43.8 Å². The first-order chi connectivity index (χ1) is 11.1. The lowest BCUT2D eigenvalue weighted by Crippen LogP contribution is -2.32. The van der Waals surface area contributed by atoms with Gasteiger partial charge >= 0.3 is 0 Å². The van der Waals surface area contributed by atoms with Crippen LogP contribution in [0.2, 0.25) is 0 Å². The molecule has 0 aromatic heterocycles. The predicted octanol–water partition coefficient (Wildman–Crippen LogP) is 4.22. The Kier molecular flexibility index (Phi) is 7.19. The van der Waals surface area contributed by atoms with E-state index in [1.807, 2.05) is 11.8 Å². The zero-order valence-electron chi connectivity index (χ0n) is 14.9. The van der Waals surface area contributed by atoms with Crippen LogP contribution in [0, 0.1) is 5.92 Å². The lowest BCUT2D eigenvalue weighted by molar-refractivity contribution is -0.125. The van der Waals surface area contributed by atoms with Gasteiger partial charge in [0.05, 0.1) is 5.57 Å². The molecule has 1 saturated heterocycles. The number of hydrogen-bond acceptors (Lipinski definition) is 4. The molecule has 0 spiro atoms. The third kappa shape index (κ3) is 4.85. The van der Waals surface area contributed by atoms with Crippen molar-refractivity contribution in [3.05, 3.63) is 11.3 Å². The molecule has 2 fully saturated rings. The van der Waals surface area contributed by atoms with Crippen molar-refractivity contribution in [3.63, 3.8) is 0 Å². The van der Waals surface area contributed by atoms with Gasteiger partial charge in [0.25, 0.3) is 0 Å². The average molecular weight is 338 g/mol. The molecule has 0 aromatic carbocycles. The van der Waals surface area contributed by atoms with Crippen LogP contribution in [0.4, 0.5) is 0 Å². The van der Waals surface area contributed by atoms with Crippen LogP contribution in [0.5, 0.6) is 0 Å². The summed E-state index contributed by atoms with van der Waals surface area (Å²) >= 11 is 1.92. The molecule has 2 aliphatic rings. The van der Waals surface area contributed by atoms with E-state index in [9.17, 15) is 9.59 Å². The van der Waals surface area contributed by atoms with Crippen LogP contribution in [0.15, 0.2) is 11.3 Å². The quantitative estimate of drug-likeness (QED) is 0.515. The average Bonchev–Trinajstić information content (AvgIpc) is 2.99. The largest absolute Gasteiger partial charge is 0.374 e. The molecular weight excluding hydrogens is 306 g/mol. The fourth-order valence-corrected chi connectivity index (χ4v) is 4.91. The first-order valence-electron chi connectivity index (χ1n) is 9.22. The molecule has 0 bridgehead atoms. The van der Waals surface area contributed by atoms with Crippen molar-refractivity contribution in [3.8, 4) is 0 Å². The van der Waals surface area contributed by atoms with Crippen LogP contribution >= 0.6 is 11.8 Å². The summed E-state index contributed by atoms with van der Waals surface area (Å²) in [4.78, 5) is 27.7. The monoisotopic (exact) mass is 337 g/mol. The topological polar surface area (TPSA) is 37.4 Å². The van der Waals surface area contributed by atoms with Crippen molar-refractivity contribution in [1.82, 2.24) is 4.90 Å². The minimum atomic E-state index is 0.107. The van der Waals surface area contributed by atoms with Gasteiger partial charge in [-0.15, -0.1) is 0 Å². The number of ketones is 2. The molecule has 2 rings (SSSR count). The van der Waals surface area contributed by atoms with E-state index < -0.39 is 0 Å². The first kappa shape index (κ1) is 18.6. The Morgan fingerprint density at radius 3 is 2.30 bits per heavy atom. The molecule has 1 aliphatic carbocycles. The number of likely N-dealkylation sites (tertiary alicyclic amines) is 1. The van der Waals surface area contributed by atoms with Gasteiger partial charge in [-0.25, -0.2) is 0 Å². The normalized spacial score (nSPS) is 23.5. The highest BCUT2D eigenvalue weighted by Gasteiger charge is 2.34. The summed E-state index contributed by atoms with van der Waals surface area (Å²) < 4.78 is 0. The smallest absolute Gasteiger partial charge is 0.168 e. The van der Waals surface area contributed by atoms with Crippen LogP contribution in [-0.2, 0) is 9.59 Å². The van der Waals surface area contributed by atoms with Gasteiger partial charge in [-0.1, -0.05) is 27.2 Å². The second kappa shape index (κ2) is 8.91. The number of hydrogen-bond donors (Lipinski definition) is 0. The van der Waals surface area contributed by atoms with Crippen molar-refractivity contribution in [2.24, 2.45) is 5.92 Å². The van der Waals surface area contributed by atoms with Crippen LogP contribution in [0.3, 0.4) is 0 Å². The summed E-state index contributed by atoms with van der Waals surface area (Å²) in [5.41, 5.74) is 1.61. The van der Waals surface area contributed by atoms with Crippen molar-refractivity contribution >= 4 is 23.3 Å². The van der Waals surface area contributed by atoms with Gasteiger partial charge in [0.2, 0.25) is 0 Å². The van der Waals surface area contributed by atoms with Gasteiger partial charge in [0.1, 0.15) is 0 Å². The van der Waals surface area contributed by atoms with Gasteiger partial charge in [-0.05, 0) is 37.4 Å². The number of carbonyl (C=O) groups excluding carboxylic acids is 2. The second-order valence-electron chi connectivity index (χ2n) is 6.89. The number of Topliss-reactive ketones (excluding diaryl/α,β-unsaturated/α-hetero) is 2. The summed E-state index contributed by atoms with van der Waals surface area (Å²) in [5, 5.41) is 0.532. The Morgan fingerprint density at radius 2 is 1.78 bits per heavy atom. The van der Waals surface area contributed by atoms with Gasteiger partial charge < -0.3 is 4.90 Å². The maximum Gasteiger partial charge on any atom is 0.168 e. The van der Waals surface area contributed by atoms with E-state index in [1.54, 1.807) is 0 Å². The Labute approximate surface area is 145 Å². The number of carbonyl (C=O) groups is 2. The highest BCUT2D eigenvalue weighted by Crippen LogP contribution is 2.33. The van der Waals surface area contributed by atoms with Gasteiger partial charge in [0, 0.05) is 36.9 Å². The van der Waals surface area contributed by atoms with E-state index in [2.05, 4.69) is 25.7 Å². The molecule has 0 radical (unpaired) electrons. The molecular formula is C19H31NO2S. The van der Waals surface area contributed by atoms with E-state index in [4.69, 9.17) is 0 Å². The van der Waals surface area contributed by atoms with Gasteiger partial charge in [-0.3, -0.25) is 9.59 Å². The molecule has 0 unspecified atom stereocenters. The van der Waals surface area contributed by atoms with E-state index >= 15 is 0 Å². The summed E-state index contributed by atoms with van der Waals surface area (Å²) in [6.07, 6.45) is 6.32. The van der Waals surface area contributed by atoms with Crippen LogP contribution in [0.25, 0.3) is 0 Å². The molecule has 130 valence electrons. The second-order valence-corrected chi connectivity index (χ2v) is 8.60. The Balaban J connectivity index is 2.12. The molecule has 1 saturated carbocycles. The minimum absolute atomic E-state index is 0.107. The van der Waals surface area contributed by atoms with Gasteiger partial charge in [0.15, 0.2) is 11.6 Å². The van der Waals surface area contributed by atoms with Crippen molar-refractivity contribution in [2.45, 2.75) is 71.0 Å². The molecule has 4 heteroatoms. The van der Waals surface area contributed by atoms with Crippen LogP contribution in [0.1, 0.15) is 65.7 Å². The molecule has 1 heterocycles. The Morgan fingerprint density at radius 1 is 1.17 bits per heavy atom. The lowest BCUT2D eigenvalue weighted by atomic mass is 9.80. The molecule has 0 N–H and O–H groups in total. The summed E-state index contributed by atoms with van der Waals surface area (Å²) in [5.74, 6) is 1.55. The highest BCUT2D eigenvalue weighted by molar-refractivity contribution is 7.99. The molecule has 1 atom stereocenters. The molecule has 1 aliphatic heterocycles. The van der Waals surface area contributed by atoms with E-state index in [1.165, 1.54) is 12.8 Å². The fraction of sp³-hybridized carbons (Fsp3) is 0.789. The maximum absolute atomic E-state index is 12.7. The summed E-state index contributed by atoms with van der Waals surface area (Å²) in [6.45, 7) is 8.51. The Hall–Kier alpha value is -0.770. The predicted molar refractivity (Wildman–Crippen MR) is 97.7 cm³/mol. The van der Waals surface area contributed by atoms with E-state index in [-0.39, 0.29) is 17.5 Å². The number of nitrogens with zero attached hydrogens (tertiary/aromatic N) is 1. The third-order valence-electron chi connectivity index (χ3n) is 4.89. The van der Waals surface area contributed by atoms with Crippen molar-refractivity contribution < 1.29 is 9.59 Å².